The Hall–Kier alpha value is -3.62. The maximum atomic E-state index is 12.3. The number of amides is 1. The lowest BCUT2D eigenvalue weighted by Gasteiger charge is -2.16. The molecule has 4 rings (SSSR count). The highest BCUT2D eigenvalue weighted by atomic mass is 16.5. The Balaban J connectivity index is 1.77. The molecular weight excluding hydrogens is 398 g/mol. The van der Waals surface area contributed by atoms with Gasteiger partial charge in [0, 0.05) is 30.9 Å². The van der Waals surface area contributed by atoms with Gasteiger partial charge in [0.2, 0.25) is 5.91 Å². The number of methoxy groups -OCH3 is 2. The third-order valence-corrected chi connectivity index (χ3v) is 5.39. The van der Waals surface area contributed by atoms with Gasteiger partial charge in [0.1, 0.15) is 11.4 Å². The van der Waals surface area contributed by atoms with Crippen molar-refractivity contribution in [3.05, 3.63) is 35.7 Å². The van der Waals surface area contributed by atoms with E-state index < -0.39 is 5.97 Å². The van der Waals surface area contributed by atoms with Crippen molar-refractivity contribution in [3.8, 4) is 5.75 Å². The second kappa shape index (κ2) is 8.25. The minimum atomic E-state index is -0.536. The van der Waals surface area contributed by atoms with Crippen molar-refractivity contribution in [3.63, 3.8) is 0 Å². The number of pyridine rings is 1. The van der Waals surface area contributed by atoms with Gasteiger partial charge in [0.25, 0.3) is 0 Å². The molecule has 0 unspecified atom stereocenters. The molecule has 1 aliphatic rings. The quantitative estimate of drug-likeness (QED) is 0.561. The van der Waals surface area contributed by atoms with Crippen LogP contribution in [0.1, 0.15) is 35.8 Å². The maximum Gasteiger partial charge on any atom is 0.341 e. The molecule has 162 valence electrons. The fraction of sp³-hybridized carbons (Fsp3) is 0.364. The van der Waals surface area contributed by atoms with Gasteiger partial charge in [-0.3, -0.25) is 9.48 Å². The summed E-state index contributed by atoms with van der Waals surface area (Å²) in [5, 5.41) is 11.5. The number of aryl methyl sites for hydroxylation is 2. The minimum Gasteiger partial charge on any atom is -0.494 e. The molecule has 0 atom stereocenters. The third kappa shape index (κ3) is 3.90. The second-order valence-electron chi connectivity index (χ2n) is 7.46. The van der Waals surface area contributed by atoms with Crippen molar-refractivity contribution in [2.24, 2.45) is 13.0 Å². The van der Waals surface area contributed by atoms with Gasteiger partial charge in [0.15, 0.2) is 5.75 Å². The van der Waals surface area contributed by atoms with Crippen LogP contribution in [0.4, 0.5) is 17.2 Å². The van der Waals surface area contributed by atoms with Gasteiger partial charge in [-0.1, -0.05) is 6.92 Å². The van der Waals surface area contributed by atoms with Crippen molar-refractivity contribution in [2.75, 3.05) is 24.9 Å². The zero-order chi connectivity index (χ0) is 22.1. The highest BCUT2D eigenvalue weighted by Crippen LogP contribution is 2.38. The van der Waals surface area contributed by atoms with Crippen molar-refractivity contribution in [1.29, 1.82) is 0 Å². The SMILES string of the molecule is CCc1c2c(OC)c(Nc3cc(NC(=O)C4CC4)ncc3C(=O)OC)ccc2nn1C. The van der Waals surface area contributed by atoms with Gasteiger partial charge >= 0.3 is 5.97 Å². The molecule has 1 aliphatic carbocycles. The van der Waals surface area contributed by atoms with E-state index in [1.165, 1.54) is 13.3 Å². The van der Waals surface area contributed by atoms with E-state index in [1.807, 2.05) is 23.9 Å². The lowest BCUT2D eigenvalue weighted by molar-refractivity contribution is -0.117. The van der Waals surface area contributed by atoms with E-state index in [0.717, 1.165) is 35.9 Å². The number of anilines is 3. The average molecular weight is 423 g/mol. The van der Waals surface area contributed by atoms with Crippen LogP contribution in [0.2, 0.25) is 0 Å². The molecule has 2 N–H and O–H groups in total. The van der Waals surface area contributed by atoms with Gasteiger partial charge < -0.3 is 20.1 Å². The van der Waals surface area contributed by atoms with Gasteiger partial charge in [0.05, 0.1) is 36.5 Å². The van der Waals surface area contributed by atoms with E-state index in [0.29, 0.717) is 22.9 Å². The van der Waals surface area contributed by atoms with Crippen molar-refractivity contribution in [2.45, 2.75) is 26.2 Å². The smallest absolute Gasteiger partial charge is 0.341 e. The highest BCUT2D eigenvalue weighted by molar-refractivity contribution is 6.00. The van der Waals surface area contributed by atoms with Crippen molar-refractivity contribution >= 4 is 40.0 Å². The maximum absolute atomic E-state index is 12.3. The summed E-state index contributed by atoms with van der Waals surface area (Å²) in [5.74, 6) is 0.428. The van der Waals surface area contributed by atoms with E-state index in [4.69, 9.17) is 9.47 Å². The van der Waals surface area contributed by atoms with E-state index in [9.17, 15) is 9.59 Å². The van der Waals surface area contributed by atoms with E-state index in [2.05, 4.69) is 27.6 Å². The first kappa shape index (κ1) is 20.6. The molecule has 0 aliphatic heterocycles. The highest BCUT2D eigenvalue weighted by Gasteiger charge is 2.30. The second-order valence-corrected chi connectivity index (χ2v) is 7.46. The first-order chi connectivity index (χ1) is 15.0. The number of hydrogen-bond acceptors (Lipinski definition) is 7. The largest absolute Gasteiger partial charge is 0.494 e. The molecule has 9 nitrogen and oxygen atoms in total. The molecule has 1 amide bonds. The normalized spacial score (nSPS) is 13.2. The number of rotatable bonds is 7. The van der Waals surface area contributed by atoms with Crippen LogP contribution < -0.4 is 15.4 Å². The molecule has 2 aromatic heterocycles. The summed E-state index contributed by atoms with van der Waals surface area (Å²) >= 11 is 0. The first-order valence-corrected chi connectivity index (χ1v) is 10.2. The summed E-state index contributed by atoms with van der Waals surface area (Å²) in [6, 6.07) is 5.37. The molecule has 0 radical (unpaired) electrons. The van der Waals surface area contributed by atoms with Crippen LogP contribution in [0.15, 0.2) is 24.4 Å². The molecule has 1 saturated carbocycles. The fourth-order valence-electron chi connectivity index (χ4n) is 3.65. The molecule has 0 bridgehead atoms. The van der Waals surface area contributed by atoms with Gasteiger partial charge in [-0.15, -0.1) is 0 Å². The summed E-state index contributed by atoms with van der Waals surface area (Å²) in [6.45, 7) is 2.06. The number of carbonyl (C=O) groups is 2. The summed E-state index contributed by atoms with van der Waals surface area (Å²) in [5.41, 5.74) is 3.22. The fourth-order valence-corrected chi connectivity index (χ4v) is 3.65. The number of nitrogens with one attached hydrogen (secondary N) is 2. The Labute approximate surface area is 179 Å². The van der Waals surface area contributed by atoms with Crippen LogP contribution in [0.3, 0.4) is 0 Å². The van der Waals surface area contributed by atoms with Crippen molar-refractivity contribution in [1.82, 2.24) is 14.8 Å². The molecular formula is C22H25N5O4. The predicted octanol–water partition coefficient (Wildman–Crippen LogP) is 3.42. The van der Waals surface area contributed by atoms with E-state index in [-0.39, 0.29) is 17.4 Å². The molecule has 0 spiro atoms. The number of nitrogens with zero attached hydrogens (tertiary/aromatic N) is 3. The number of benzene rings is 1. The van der Waals surface area contributed by atoms with Crippen molar-refractivity contribution < 1.29 is 19.1 Å². The Kier molecular flexibility index (Phi) is 5.50. The Morgan fingerprint density at radius 1 is 1.23 bits per heavy atom. The summed E-state index contributed by atoms with van der Waals surface area (Å²) in [4.78, 5) is 28.7. The topological polar surface area (TPSA) is 107 Å². The number of esters is 1. The van der Waals surface area contributed by atoms with Gasteiger partial charge in [-0.05, 0) is 31.4 Å². The summed E-state index contributed by atoms with van der Waals surface area (Å²) in [7, 11) is 4.81. The predicted molar refractivity (Wildman–Crippen MR) is 117 cm³/mol. The number of carbonyl (C=O) groups excluding carboxylic acids is 2. The van der Waals surface area contributed by atoms with Crippen LogP contribution in [0.5, 0.6) is 5.75 Å². The summed E-state index contributed by atoms with van der Waals surface area (Å²) < 4.78 is 12.5. The van der Waals surface area contributed by atoms with E-state index >= 15 is 0 Å². The lowest BCUT2D eigenvalue weighted by Crippen LogP contribution is -2.15. The summed E-state index contributed by atoms with van der Waals surface area (Å²) in [6.07, 6.45) is 3.95. The lowest BCUT2D eigenvalue weighted by atomic mass is 10.1. The number of fused-ring (bicyclic) bond motifs is 1. The average Bonchev–Trinajstić information content (AvgIpc) is 3.56. The molecule has 0 saturated heterocycles. The zero-order valence-corrected chi connectivity index (χ0v) is 18.0. The molecule has 31 heavy (non-hydrogen) atoms. The van der Waals surface area contributed by atoms with Gasteiger partial charge in [-0.2, -0.15) is 5.10 Å². The van der Waals surface area contributed by atoms with Gasteiger partial charge in [-0.25, -0.2) is 9.78 Å². The Morgan fingerprint density at radius 3 is 2.65 bits per heavy atom. The van der Waals surface area contributed by atoms with Crippen LogP contribution in [0, 0.1) is 5.92 Å². The molecule has 9 heteroatoms. The zero-order valence-electron chi connectivity index (χ0n) is 18.0. The van der Waals surface area contributed by atoms with Crippen LogP contribution in [0.25, 0.3) is 10.9 Å². The molecule has 2 heterocycles. The first-order valence-electron chi connectivity index (χ1n) is 10.2. The van der Waals surface area contributed by atoms with Crippen LogP contribution in [-0.4, -0.2) is 40.9 Å². The molecule has 1 fully saturated rings. The number of hydrogen-bond donors (Lipinski definition) is 2. The molecule has 3 aromatic rings. The van der Waals surface area contributed by atoms with E-state index in [1.54, 1.807) is 13.2 Å². The van der Waals surface area contributed by atoms with Crippen LogP contribution in [-0.2, 0) is 23.0 Å². The third-order valence-electron chi connectivity index (χ3n) is 5.39. The standard InChI is InChI=1S/C22H25N5O4/c1-5-17-19-14(26-27(17)2)8-9-15(20(19)30-3)24-16-10-18(25-21(28)12-6-7-12)23-11-13(16)22(29)31-4/h8-12H,5-7H2,1-4H3,(H2,23,24,25,28). The number of aromatic nitrogens is 3. The molecule has 1 aromatic carbocycles. The van der Waals surface area contributed by atoms with Crippen LogP contribution >= 0.6 is 0 Å². The Bertz CT molecular complexity index is 1170. The number of ether oxygens (including phenoxy) is 2. The monoisotopic (exact) mass is 423 g/mol. The Morgan fingerprint density at radius 2 is 2.00 bits per heavy atom. The minimum absolute atomic E-state index is 0.0408.